The quantitative estimate of drug-likeness (QED) is 0.608. The van der Waals surface area contributed by atoms with Crippen LogP contribution in [0.1, 0.15) is 19.7 Å². The SMILES string of the molecule is Bc1ncnc2c1nc(C(/C=C\C)=C/C=C)n2C(/C=C\C)=C/C=C. The molecule has 0 saturated heterocycles. The van der Waals surface area contributed by atoms with Crippen molar-refractivity contribution in [3.63, 3.8) is 0 Å². The second kappa shape index (κ2) is 8.06. The number of aromatic nitrogens is 4. The average Bonchev–Trinajstić information content (AvgIpc) is 2.95. The van der Waals surface area contributed by atoms with E-state index in [9.17, 15) is 0 Å². The van der Waals surface area contributed by atoms with Crippen LogP contribution in [0.3, 0.4) is 0 Å². The fourth-order valence-corrected chi connectivity index (χ4v) is 2.45. The third kappa shape index (κ3) is 3.35. The van der Waals surface area contributed by atoms with Crippen molar-refractivity contribution in [3.8, 4) is 0 Å². The Bertz CT molecular complexity index is 882. The molecule has 0 spiro atoms. The normalized spacial score (nSPS) is 13.2. The summed E-state index contributed by atoms with van der Waals surface area (Å²) in [4.78, 5) is 13.5. The molecule has 5 heteroatoms. The zero-order valence-corrected chi connectivity index (χ0v) is 14.4. The van der Waals surface area contributed by atoms with Crippen LogP contribution in [-0.2, 0) is 0 Å². The van der Waals surface area contributed by atoms with E-state index in [1.165, 1.54) is 0 Å². The van der Waals surface area contributed by atoms with E-state index < -0.39 is 0 Å². The van der Waals surface area contributed by atoms with Crippen molar-refractivity contribution in [1.82, 2.24) is 19.5 Å². The van der Waals surface area contributed by atoms with E-state index in [-0.39, 0.29) is 0 Å². The molecule has 0 aliphatic heterocycles. The van der Waals surface area contributed by atoms with Gasteiger partial charge < -0.3 is 0 Å². The van der Waals surface area contributed by atoms with Gasteiger partial charge in [0.1, 0.15) is 17.7 Å². The van der Waals surface area contributed by atoms with Gasteiger partial charge in [0, 0.05) is 16.9 Å². The van der Waals surface area contributed by atoms with E-state index in [0.717, 1.165) is 33.9 Å². The van der Waals surface area contributed by atoms with Gasteiger partial charge in [-0.3, -0.25) is 4.57 Å². The Labute approximate surface area is 143 Å². The van der Waals surface area contributed by atoms with Gasteiger partial charge in [-0.25, -0.2) is 15.0 Å². The lowest BCUT2D eigenvalue weighted by Crippen LogP contribution is -2.10. The molecule has 0 aliphatic carbocycles. The molecule has 4 nitrogen and oxygen atoms in total. The number of rotatable bonds is 6. The van der Waals surface area contributed by atoms with Crippen LogP contribution < -0.4 is 5.59 Å². The number of allylic oxidation sites excluding steroid dienone is 10. The van der Waals surface area contributed by atoms with Gasteiger partial charge in [0.2, 0.25) is 0 Å². The smallest absolute Gasteiger partial charge is 0.167 e. The minimum atomic E-state index is 0.767. The Kier molecular flexibility index (Phi) is 5.85. The maximum atomic E-state index is 4.80. The Morgan fingerprint density at radius 2 is 1.79 bits per heavy atom. The molecule has 2 aromatic heterocycles. The monoisotopic (exact) mass is 316 g/mol. The van der Waals surface area contributed by atoms with Crippen LogP contribution in [0.5, 0.6) is 0 Å². The minimum Gasteiger partial charge on any atom is -0.277 e. The summed E-state index contributed by atoms with van der Waals surface area (Å²) in [5.74, 6) is 0.790. The molecule has 0 fully saturated rings. The molecule has 2 heterocycles. The topological polar surface area (TPSA) is 43.6 Å². The molecule has 0 N–H and O–H groups in total. The molecule has 0 unspecified atom stereocenters. The van der Waals surface area contributed by atoms with Crippen LogP contribution in [0, 0.1) is 0 Å². The zero-order chi connectivity index (χ0) is 17.5. The van der Waals surface area contributed by atoms with Crippen molar-refractivity contribution in [2.45, 2.75) is 13.8 Å². The number of hydrogen-bond acceptors (Lipinski definition) is 3. The summed E-state index contributed by atoms with van der Waals surface area (Å²) in [6, 6.07) is 0. The molecule has 0 saturated carbocycles. The predicted octanol–water partition coefficient (Wildman–Crippen LogP) is 2.83. The molecule has 0 aliphatic rings. The van der Waals surface area contributed by atoms with Crippen molar-refractivity contribution in [2.24, 2.45) is 0 Å². The van der Waals surface area contributed by atoms with Crippen molar-refractivity contribution < 1.29 is 0 Å². The van der Waals surface area contributed by atoms with Crippen LogP contribution in [-0.4, -0.2) is 27.4 Å². The Morgan fingerprint density at radius 3 is 2.42 bits per heavy atom. The highest BCUT2D eigenvalue weighted by Gasteiger charge is 2.17. The van der Waals surface area contributed by atoms with Crippen LogP contribution >= 0.6 is 0 Å². The molecule has 0 aromatic carbocycles. The first-order valence-corrected chi connectivity index (χ1v) is 7.79. The molecule has 0 amide bonds. The number of nitrogens with zero attached hydrogens (tertiary/aromatic N) is 4. The highest BCUT2D eigenvalue weighted by atomic mass is 15.1. The Morgan fingerprint density at radius 1 is 1.08 bits per heavy atom. The van der Waals surface area contributed by atoms with Crippen molar-refractivity contribution in [2.75, 3.05) is 0 Å². The summed E-state index contributed by atoms with van der Waals surface area (Å²) in [5.41, 5.74) is 4.28. The molecule has 120 valence electrons. The number of fused-ring (bicyclic) bond motifs is 1. The summed E-state index contributed by atoms with van der Waals surface area (Å²) in [6.07, 6.45) is 16.9. The van der Waals surface area contributed by atoms with Gasteiger partial charge in [-0.05, 0) is 26.0 Å². The first-order chi connectivity index (χ1) is 11.7. The number of hydrogen-bond donors (Lipinski definition) is 0. The molecule has 0 radical (unpaired) electrons. The lowest BCUT2D eigenvalue weighted by Gasteiger charge is -2.10. The molecule has 24 heavy (non-hydrogen) atoms. The van der Waals surface area contributed by atoms with E-state index in [0.29, 0.717) is 0 Å². The van der Waals surface area contributed by atoms with E-state index in [2.05, 4.69) is 23.1 Å². The maximum absolute atomic E-state index is 4.80. The van der Waals surface area contributed by atoms with E-state index in [1.807, 2.05) is 62.7 Å². The van der Waals surface area contributed by atoms with Crippen LogP contribution in [0.4, 0.5) is 0 Å². The first-order valence-electron chi connectivity index (χ1n) is 7.79. The second-order valence-corrected chi connectivity index (χ2v) is 5.09. The van der Waals surface area contributed by atoms with Crippen LogP contribution in [0.2, 0.25) is 0 Å². The standard InChI is InChI=1S/C19H21BN4/c1-5-9-14(10-6-2)18-23-16-17(20)21-13-22-19(16)24(18)15(11-7-3)12-8-4/h5-13H,1,3,20H2,2,4H3/b10-6-,12-8-,14-9+,15-11+. The maximum Gasteiger partial charge on any atom is 0.167 e. The highest BCUT2D eigenvalue weighted by molar-refractivity contribution is 6.36. The van der Waals surface area contributed by atoms with Crippen molar-refractivity contribution in [1.29, 1.82) is 0 Å². The van der Waals surface area contributed by atoms with Crippen molar-refractivity contribution >= 4 is 35.9 Å². The predicted molar refractivity (Wildman–Crippen MR) is 106 cm³/mol. The van der Waals surface area contributed by atoms with Crippen molar-refractivity contribution in [3.05, 3.63) is 73.9 Å². The summed E-state index contributed by atoms with van der Waals surface area (Å²) in [6.45, 7) is 11.6. The third-order valence-electron chi connectivity index (χ3n) is 3.41. The molecule has 2 rings (SSSR count). The van der Waals surface area contributed by atoms with E-state index in [4.69, 9.17) is 4.98 Å². The second-order valence-electron chi connectivity index (χ2n) is 5.09. The van der Waals surface area contributed by atoms with Gasteiger partial charge >= 0.3 is 0 Å². The average molecular weight is 316 g/mol. The largest absolute Gasteiger partial charge is 0.277 e. The minimum absolute atomic E-state index is 0.767. The Hall–Kier alpha value is -2.95. The third-order valence-corrected chi connectivity index (χ3v) is 3.41. The van der Waals surface area contributed by atoms with Gasteiger partial charge in [0.25, 0.3) is 0 Å². The summed E-state index contributed by atoms with van der Waals surface area (Å²) in [7, 11) is 1.93. The Balaban J connectivity index is 2.93. The zero-order valence-electron chi connectivity index (χ0n) is 14.4. The van der Waals surface area contributed by atoms with Gasteiger partial charge in [-0.2, -0.15) is 0 Å². The first kappa shape index (κ1) is 17.4. The lowest BCUT2D eigenvalue weighted by atomic mass is 10.0. The summed E-state index contributed by atoms with van der Waals surface area (Å²) < 4.78 is 2.01. The fourth-order valence-electron chi connectivity index (χ4n) is 2.45. The molecule has 2 aromatic rings. The molecular formula is C19H21BN4. The summed E-state index contributed by atoms with van der Waals surface area (Å²) >= 11 is 0. The molecule has 0 atom stereocenters. The van der Waals surface area contributed by atoms with Gasteiger partial charge in [-0.1, -0.05) is 49.6 Å². The summed E-state index contributed by atoms with van der Waals surface area (Å²) in [5, 5.41) is 0. The fraction of sp³-hybridized carbons (Fsp3) is 0.105. The van der Waals surface area contributed by atoms with Gasteiger partial charge in [-0.15, -0.1) is 0 Å². The van der Waals surface area contributed by atoms with E-state index in [1.54, 1.807) is 18.5 Å². The molecule has 0 bridgehead atoms. The van der Waals surface area contributed by atoms with Crippen LogP contribution in [0.25, 0.3) is 22.4 Å². The van der Waals surface area contributed by atoms with Crippen LogP contribution in [0.15, 0.2) is 68.1 Å². The van der Waals surface area contributed by atoms with Gasteiger partial charge in [0.05, 0.1) is 0 Å². The highest BCUT2D eigenvalue weighted by Crippen LogP contribution is 2.25. The van der Waals surface area contributed by atoms with Gasteiger partial charge in [0.15, 0.2) is 13.5 Å². The number of imidazole rings is 1. The van der Waals surface area contributed by atoms with E-state index >= 15 is 0 Å². The molecular weight excluding hydrogens is 295 g/mol. The lowest BCUT2D eigenvalue weighted by molar-refractivity contribution is 1.07.